The SMILES string of the molecule is O=C(O)C1=CC(=C(c2ccc([O-])c(C(=O)O)c2)c2ccc([O-])c(C(=O)O)c2)C=CC1=O.O=C(O)C1=CC(=C(c2ccc([O-])c(C(=O)O)c2)c2ccc([O-])c(C(=O)O)c2)C=CC1=O.O=C(O)C1=CC(=C(c2ccc([O-])c(C(=O)O)c2)c2ccc([O-])c(C(=O)O)c2)C=CC1=O.[Ca+2].[Ca+2].[H-].[H-].[H-].[H-]. The molecule has 476 valence electrons. The molecular formula is C66H40Ca2O27-6. The van der Waals surface area contributed by atoms with E-state index in [9.17, 15) is 134 Å². The van der Waals surface area contributed by atoms with E-state index in [2.05, 4.69) is 0 Å². The first-order valence-electron chi connectivity index (χ1n) is 25.8. The number of allylic oxidation sites excluding steroid dienone is 12. The number of aromatic carboxylic acids is 6. The standard InChI is InChI=1S/3C22H14O9.2Ca.4H/c3*23-16-4-1-10(7-13(16)20(26)27)19(11-2-5-17(24)14(8-11)21(28)29)12-3-6-18(25)15(9-12)22(30)31;;;;;;/h3*1-9,23-24H,(H,26,27)(H,28,29)(H,30,31);;;;;;/q;;;2*+2;4*-1/p-6. The first kappa shape index (κ1) is 74.3. The van der Waals surface area contributed by atoms with Gasteiger partial charge in [0.05, 0.1) is 33.4 Å². The van der Waals surface area contributed by atoms with Crippen LogP contribution < -0.4 is 30.6 Å². The van der Waals surface area contributed by atoms with Crippen molar-refractivity contribution in [3.63, 3.8) is 0 Å². The quantitative estimate of drug-likeness (QED) is 0.0526. The number of carbonyl (C=O) groups is 12. The zero-order valence-corrected chi connectivity index (χ0v) is 52.3. The van der Waals surface area contributed by atoms with Gasteiger partial charge in [-0.25, -0.2) is 43.2 Å². The summed E-state index contributed by atoms with van der Waals surface area (Å²) >= 11 is 0. The molecule has 0 amide bonds. The van der Waals surface area contributed by atoms with Gasteiger partial charge in [-0.15, -0.1) is 0 Å². The molecule has 3 aliphatic carbocycles. The molecular weight excluding hydrogens is 1300 g/mol. The van der Waals surface area contributed by atoms with E-state index in [1.807, 2.05) is 0 Å². The molecule has 3 aliphatic rings. The molecule has 95 heavy (non-hydrogen) atoms. The predicted molar refractivity (Wildman–Crippen MR) is 321 cm³/mol. The van der Waals surface area contributed by atoms with Gasteiger partial charge in [-0.2, -0.15) is 0 Å². The van der Waals surface area contributed by atoms with Crippen LogP contribution in [0.25, 0.3) is 16.7 Å². The van der Waals surface area contributed by atoms with Crippen LogP contribution in [0.3, 0.4) is 0 Å². The van der Waals surface area contributed by atoms with Gasteiger partial charge in [-0.3, -0.25) is 14.4 Å². The molecule has 0 aliphatic heterocycles. The summed E-state index contributed by atoms with van der Waals surface area (Å²) in [6.07, 6.45) is 9.99. The van der Waals surface area contributed by atoms with Crippen LogP contribution in [0.1, 0.15) is 101 Å². The number of ketones is 3. The number of hydrogen-bond acceptors (Lipinski definition) is 18. The molecule has 9 rings (SSSR count). The van der Waals surface area contributed by atoms with Crippen molar-refractivity contribution in [2.45, 2.75) is 0 Å². The first-order valence-corrected chi connectivity index (χ1v) is 25.8. The number of benzene rings is 6. The number of rotatable bonds is 15. The maximum atomic E-state index is 11.9. The first-order chi connectivity index (χ1) is 43.8. The van der Waals surface area contributed by atoms with Crippen molar-refractivity contribution < 1.29 is 140 Å². The Morgan fingerprint density at radius 2 is 0.411 bits per heavy atom. The molecule has 0 radical (unpaired) electrons. The molecule has 0 fully saturated rings. The molecule has 0 unspecified atom stereocenters. The fourth-order valence-electron chi connectivity index (χ4n) is 9.17. The number of hydrogen-bond donors (Lipinski definition) is 9. The molecule has 0 aromatic heterocycles. The van der Waals surface area contributed by atoms with E-state index in [1.165, 1.54) is 54.6 Å². The van der Waals surface area contributed by atoms with E-state index in [-0.39, 0.29) is 148 Å². The van der Waals surface area contributed by atoms with E-state index < -0.39 is 156 Å². The van der Waals surface area contributed by atoms with Crippen LogP contribution in [0.2, 0.25) is 0 Å². The van der Waals surface area contributed by atoms with Crippen molar-refractivity contribution in [3.8, 4) is 34.5 Å². The largest absolute Gasteiger partial charge is 2.00 e. The molecule has 0 saturated carbocycles. The summed E-state index contributed by atoms with van der Waals surface area (Å²) in [5, 5.41) is 155. The summed E-state index contributed by atoms with van der Waals surface area (Å²) in [7, 11) is 0. The van der Waals surface area contributed by atoms with Gasteiger partial charge in [0.2, 0.25) is 0 Å². The molecule has 0 bridgehead atoms. The van der Waals surface area contributed by atoms with Gasteiger partial charge in [0.15, 0.2) is 17.3 Å². The van der Waals surface area contributed by atoms with Crippen LogP contribution in [0, 0.1) is 0 Å². The fraction of sp³-hybridized carbons (Fsp3) is 0. The van der Waals surface area contributed by atoms with Crippen LogP contribution in [0.15, 0.2) is 197 Å². The van der Waals surface area contributed by atoms with Crippen LogP contribution in [-0.2, 0) is 28.8 Å². The van der Waals surface area contributed by atoms with Crippen molar-refractivity contribution in [1.82, 2.24) is 0 Å². The second-order valence-corrected chi connectivity index (χ2v) is 19.3. The second kappa shape index (κ2) is 31.2. The van der Waals surface area contributed by atoms with Crippen LogP contribution in [0.4, 0.5) is 0 Å². The molecule has 0 atom stereocenters. The van der Waals surface area contributed by atoms with E-state index >= 15 is 0 Å². The topological polar surface area (TPSA) is 525 Å². The van der Waals surface area contributed by atoms with Gasteiger partial charge in [0.1, 0.15) is 16.7 Å². The van der Waals surface area contributed by atoms with Crippen molar-refractivity contribution in [2.75, 3.05) is 0 Å². The normalized spacial score (nSPS) is 12.7. The number of carbonyl (C=O) groups excluding carboxylic acids is 3. The molecule has 9 N–H and O–H groups in total. The third-order valence-electron chi connectivity index (χ3n) is 13.5. The minimum atomic E-state index is -1.49. The third kappa shape index (κ3) is 17.0. The minimum Gasteiger partial charge on any atom is -1.00 e. The Bertz CT molecular complexity index is 4040. The zero-order chi connectivity index (χ0) is 68.6. The Hall–Kier alpha value is -11.5. The Morgan fingerprint density at radius 3 is 0.547 bits per heavy atom. The molecule has 0 heterocycles. The van der Waals surface area contributed by atoms with Gasteiger partial charge in [0.25, 0.3) is 0 Å². The Morgan fingerprint density at radius 1 is 0.253 bits per heavy atom. The van der Waals surface area contributed by atoms with Gasteiger partial charge >= 0.3 is 129 Å². The zero-order valence-electron chi connectivity index (χ0n) is 51.9. The monoisotopic (exact) mass is 1340 g/mol. The average Bonchev–Trinajstić information content (AvgIpc) is 0.794. The Kier molecular flexibility index (Phi) is 24.4. The average molecular weight is 1350 g/mol. The Labute approximate surface area is 596 Å². The predicted octanol–water partition coefficient (Wildman–Crippen LogP) is 3.23. The molecule has 0 spiro atoms. The molecule has 0 saturated heterocycles. The number of aliphatic carboxylic acids is 3. The van der Waals surface area contributed by atoms with Crippen LogP contribution >= 0.6 is 0 Å². The summed E-state index contributed by atoms with van der Waals surface area (Å²) in [5.74, 6) is -20.3. The smallest absolute Gasteiger partial charge is 1.00 e. The van der Waals surface area contributed by atoms with E-state index in [4.69, 9.17) is 0 Å². The van der Waals surface area contributed by atoms with Gasteiger partial charge in [-0.1, -0.05) is 126 Å². The van der Waals surface area contributed by atoms with Gasteiger partial charge in [-0.05, 0) is 140 Å². The van der Waals surface area contributed by atoms with Crippen molar-refractivity contribution in [1.29, 1.82) is 0 Å². The van der Waals surface area contributed by atoms with E-state index in [1.54, 1.807) is 0 Å². The maximum absolute atomic E-state index is 11.9. The van der Waals surface area contributed by atoms with E-state index in [0.29, 0.717) is 0 Å². The molecule has 27 nitrogen and oxygen atoms in total. The number of carboxylic acid groups (broad SMARTS) is 9. The number of carboxylic acids is 9. The van der Waals surface area contributed by atoms with Crippen LogP contribution in [-0.4, -0.2) is 193 Å². The second-order valence-electron chi connectivity index (χ2n) is 19.3. The van der Waals surface area contributed by atoms with Gasteiger partial charge < -0.3 is 82.3 Å². The van der Waals surface area contributed by atoms with Crippen molar-refractivity contribution in [2.24, 2.45) is 0 Å². The van der Waals surface area contributed by atoms with Crippen molar-refractivity contribution in [3.05, 3.63) is 264 Å². The molecule has 6 aromatic rings. The third-order valence-corrected chi connectivity index (χ3v) is 13.5. The minimum absolute atomic E-state index is 0. The Balaban J connectivity index is 0.000000721. The van der Waals surface area contributed by atoms with E-state index in [0.717, 1.165) is 109 Å². The van der Waals surface area contributed by atoms with Crippen molar-refractivity contribution >= 4 is 163 Å². The summed E-state index contributed by atoms with van der Waals surface area (Å²) in [6.45, 7) is 0. The van der Waals surface area contributed by atoms with Crippen LogP contribution in [0.5, 0.6) is 34.5 Å². The van der Waals surface area contributed by atoms with Gasteiger partial charge in [0, 0.05) is 0 Å². The summed E-state index contributed by atoms with van der Waals surface area (Å²) in [6, 6.07) is 20.0. The fourth-order valence-corrected chi connectivity index (χ4v) is 9.17. The maximum Gasteiger partial charge on any atom is 2.00 e. The summed E-state index contributed by atoms with van der Waals surface area (Å²) < 4.78 is 0. The summed E-state index contributed by atoms with van der Waals surface area (Å²) in [5.41, 5.74) is -3.40. The summed E-state index contributed by atoms with van der Waals surface area (Å²) in [4.78, 5) is 138. The molecule has 6 aromatic carbocycles. The molecule has 29 heteroatoms.